The van der Waals surface area contributed by atoms with Crippen LogP contribution in [0.25, 0.3) is 22.0 Å². The Labute approximate surface area is 103 Å². The quantitative estimate of drug-likeness (QED) is 0.678. The van der Waals surface area contributed by atoms with Crippen molar-refractivity contribution < 1.29 is 9.18 Å². The highest BCUT2D eigenvalue weighted by molar-refractivity contribution is 5.90. The molecule has 2 aromatic carbocycles. The molecule has 18 heavy (non-hydrogen) atoms. The molecule has 2 nitrogen and oxygen atoms in total. The van der Waals surface area contributed by atoms with Crippen molar-refractivity contribution in [1.29, 1.82) is 0 Å². The Bertz CT molecular complexity index is 713. The number of nitrogens with one attached hydrogen (secondary N) is 1. The fourth-order valence-electron chi connectivity index (χ4n) is 2.03. The standard InChI is InChI=1S/C15H10FNO/c16-13-5-3-10(4-6-13)11-1-2-12-7-14(9-18)17-15(12)8-11/h1-9,17H. The number of carbonyl (C=O) groups is 1. The number of aromatic nitrogens is 1. The number of rotatable bonds is 2. The molecule has 1 heterocycles. The monoisotopic (exact) mass is 239 g/mol. The number of H-pyrrole nitrogens is 1. The summed E-state index contributed by atoms with van der Waals surface area (Å²) in [6.45, 7) is 0. The van der Waals surface area contributed by atoms with Gasteiger partial charge in [-0.15, -0.1) is 0 Å². The molecule has 0 saturated heterocycles. The van der Waals surface area contributed by atoms with E-state index in [4.69, 9.17) is 0 Å². The summed E-state index contributed by atoms with van der Waals surface area (Å²) in [6, 6.07) is 14.0. The van der Waals surface area contributed by atoms with Crippen molar-refractivity contribution in [3.8, 4) is 11.1 Å². The Morgan fingerprint density at radius 3 is 2.39 bits per heavy atom. The minimum atomic E-state index is -0.247. The van der Waals surface area contributed by atoms with Crippen molar-refractivity contribution in [3.63, 3.8) is 0 Å². The number of hydrogen-bond acceptors (Lipinski definition) is 1. The predicted octanol–water partition coefficient (Wildman–Crippen LogP) is 3.79. The SMILES string of the molecule is O=Cc1cc2ccc(-c3ccc(F)cc3)cc2[nH]1. The van der Waals surface area contributed by atoms with Gasteiger partial charge in [0.15, 0.2) is 6.29 Å². The van der Waals surface area contributed by atoms with Gasteiger partial charge in [0.1, 0.15) is 5.82 Å². The Morgan fingerprint density at radius 1 is 0.944 bits per heavy atom. The molecule has 0 aliphatic rings. The molecule has 0 bridgehead atoms. The molecule has 0 aliphatic carbocycles. The molecule has 0 radical (unpaired) electrons. The van der Waals surface area contributed by atoms with Crippen LogP contribution in [0.4, 0.5) is 4.39 Å². The first kappa shape index (κ1) is 10.7. The molecular formula is C15H10FNO. The van der Waals surface area contributed by atoms with Crippen molar-refractivity contribution in [2.45, 2.75) is 0 Å². The van der Waals surface area contributed by atoms with Crippen LogP contribution in [0.1, 0.15) is 10.5 Å². The van der Waals surface area contributed by atoms with Gasteiger partial charge in [-0.2, -0.15) is 0 Å². The second-order valence-electron chi connectivity index (χ2n) is 4.15. The number of aromatic amines is 1. The van der Waals surface area contributed by atoms with Crippen LogP contribution in [0.3, 0.4) is 0 Å². The minimum Gasteiger partial charge on any atom is -0.352 e. The number of hydrogen-bond donors (Lipinski definition) is 1. The van der Waals surface area contributed by atoms with E-state index in [1.807, 2.05) is 18.2 Å². The minimum absolute atomic E-state index is 0.247. The Kier molecular flexibility index (Phi) is 2.45. The largest absolute Gasteiger partial charge is 0.352 e. The summed E-state index contributed by atoms with van der Waals surface area (Å²) in [5.74, 6) is -0.247. The zero-order valence-corrected chi connectivity index (χ0v) is 9.48. The maximum atomic E-state index is 12.9. The molecule has 0 spiro atoms. The van der Waals surface area contributed by atoms with Crippen LogP contribution < -0.4 is 0 Å². The van der Waals surface area contributed by atoms with E-state index in [0.717, 1.165) is 28.3 Å². The summed E-state index contributed by atoms with van der Waals surface area (Å²) < 4.78 is 12.9. The summed E-state index contributed by atoms with van der Waals surface area (Å²) in [6.07, 6.45) is 0.789. The predicted molar refractivity (Wildman–Crippen MR) is 69.1 cm³/mol. The highest BCUT2D eigenvalue weighted by Crippen LogP contribution is 2.24. The zero-order valence-electron chi connectivity index (χ0n) is 9.48. The zero-order chi connectivity index (χ0) is 12.5. The molecule has 0 amide bonds. The molecular weight excluding hydrogens is 229 g/mol. The molecule has 0 saturated carbocycles. The van der Waals surface area contributed by atoms with Gasteiger partial charge >= 0.3 is 0 Å². The fraction of sp³-hybridized carbons (Fsp3) is 0. The van der Waals surface area contributed by atoms with Gasteiger partial charge in [0.2, 0.25) is 0 Å². The molecule has 3 aromatic rings. The lowest BCUT2D eigenvalue weighted by atomic mass is 10.0. The number of halogens is 1. The molecule has 0 fully saturated rings. The summed E-state index contributed by atoms with van der Waals surface area (Å²) in [5, 5.41) is 0.989. The maximum Gasteiger partial charge on any atom is 0.166 e. The third-order valence-electron chi connectivity index (χ3n) is 2.95. The number of aldehydes is 1. The van der Waals surface area contributed by atoms with Gasteiger partial charge in [0.25, 0.3) is 0 Å². The average molecular weight is 239 g/mol. The number of carbonyl (C=O) groups excluding carboxylic acids is 1. The molecule has 0 atom stereocenters. The summed E-state index contributed by atoms with van der Waals surface area (Å²) in [5.41, 5.74) is 3.39. The third-order valence-corrected chi connectivity index (χ3v) is 2.95. The number of fused-ring (bicyclic) bond motifs is 1. The molecule has 3 rings (SSSR count). The first-order chi connectivity index (χ1) is 8.76. The van der Waals surface area contributed by atoms with Crippen molar-refractivity contribution in [2.24, 2.45) is 0 Å². The van der Waals surface area contributed by atoms with Gasteiger partial charge in [-0.3, -0.25) is 4.79 Å². The molecule has 0 aliphatic heterocycles. The highest BCUT2D eigenvalue weighted by Gasteiger charge is 2.03. The van der Waals surface area contributed by atoms with Crippen LogP contribution in [0, 0.1) is 5.82 Å². The average Bonchev–Trinajstić information content (AvgIpc) is 2.81. The Hall–Kier alpha value is -2.42. The van der Waals surface area contributed by atoms with Gasteiger partial charge in [-0.25, -0.2) is 4.39 Å². The van der Waals surface area contributed by atoms with Crippen molar-refractivity contribution in [2.75, 3.05) is 0 Å². The van der Waals surface area contributed by atoms with Gasteiger partial charge in [0, 0.05) is 10.9 Å². The van der Waals surface area contributed by atoms with E-state index in [1.54, 1.807) is 18.2 Å². The second-order valence-corrected chi connectivity index (χ2v) is 4.15. The van der Waals surface area contributed by atoms with E-state index in [2.05, 4.69) is 4.98 Å². The van der Waals surface area contributed by atoms with Crippen LogP contribution in [0.5, 0.6) is 0 Å². The van der Waals surface area contributed by atoms with E-state index < -0.39 is 0 Å². The first-order valence-electron chi connectivity index (χ1n) is 5.60. The Balaban J connectivity index is 2.12. The Morgan fingerprint density at radius 2 is 1.67 bits per heavy atom. The van der Waals surface area contributed by atoms with Gasteiger partial charge < -0.3 is 4.98 Å². The van der Waals surface area contributed by atoms with Crippen LogP contribution in [0.2, 0.25) is 0 Å². The molecule has 0 unspecified atom stereocenters. The summed E-state index contributed by atoms with van der Waals surface area (Å²) >= 11 is 0. The van der Waals surface area contributed by atoms with Crippen molar-refractivity contribution >= 4 is 17.2 Å². The highest BCUT2D eigenvalue weighted by atomic mass is 19.1. The normalized spacial score (nSPS) is 10.7. The smallest absolute Gasteiger partial charge is 0.166 e. The number of benzene rings is 2. The summed E-state index contributed by atoms with van der Waals surface area (Å²) in [7, 11) is 0. The molecule has 3 heteroatoms. The molecule has 1 N–H and O–H groups in total. The van der Waals surface area contributed by atoms with E-state index in [9.17, 15) is 9.18 Å². The lowest BCUT2D eigenvalue weighted by Crippen LogP contribution is -1.79. The van der Waals surface area contributed by atoms with Crippen LogP contribution in [0.15, 0.2) is 48.5 Å². The fourth-order valence-corrected chi connectivity index (χ4v) is 2.03. The van der Waals surface area contributed by atoms with Crippen LogP contribution in [-0.4, -0.2) is 11.3 Å². The van der Waals surface area contributed by atoms with Crippen LogP contribution in [-0.2, 0) is 0 Å². The third kappa shape index (κ3) is 1.80. The van der Waals surface area contributed by atoms with Gasteiger partial charge in [-0.1, -0.05) is 24.3 Å². The molecule has 88 valence electrons. The van der Waals surface area contributed by atoms with Crippen molar-refractivity contribution in [3.05, 3.63) is 60.0 Å². The lowest BCUT2D eigenvalue weighted by Gasteiger charge is -2.01. The van der Waals surface area contributed by atoms with E-state index in [-0.39, 0.29) is 5.82 Å². The molecule has 1 aromatic heterocycles. The summed E-state index contributed by atoms with van der Waals surface area (Å²) in [4.78, 5) is 13.7. The topological polar surface area (TPSA) is 32.9 Å². The van der Waals surface area contributed by atoms with Gasteiger partial charge in [-0.05, 0) is 35.4 Å². The van der Waals surface area contributed by atoms with E-state index in [0.29, 0.717) is 5.69 Å². The van der Waals surface area contributed by atoms with E-state index in [1.165, 1.54) is 12.1 Å². The van der Waals surface area contributed by atoms with Crippen molar-refractivity contribution in [1.82, 2.24) is 4.98 Å². The van der Waals surface area contributed by atoms with E-state index >= 15 is 0 Å². The van der Waals surface area contributed by atoms with Crippen LogP contribution >= 0.6 is 0 Å². The second kappa shape index (κ2) is 4.11. The first-order valence-corrected chi connectivity index (χ1v) is 5.60. The lowest BCUT2D eigenvalue weighted by molar-refractivity contribution is 0.112. The van der Waals surface area contributed by atoms with Gasteiger partial charge in [0.05, 0.1) is 5.69 Å². The maximum absolute atomic E-state index is 12.9.